The average Bonchev–Trinajstić information content (AvgIpc) is 2.74. The quantitative estimate of drug-likeness (QED) is 0.770. The molecule has 0 bridgehead atoms. The molecule has 2 fully saturated rings. The van der Waals surface area contributed by atoms with E-state index in [1.807, 2.05) is 4.90 Å². The highest BCUT2D eigenvalue weighted by molar-refractivity contribution is 5.77. The first-order valence-corrected chi connectivity index (χ1v) is 6.71. The number of amides is 1. The largest absolute Gasteiger partial charge is 0.340 e. The third-order valence-electron chi connectivity index (χ3n) is 4.25. The fourth-order valence-electron chi connectivity index (χ4n) is 2.72. The molecule has 0 spiro atoms. The lowest BCUT2D eigenvalue weighted by Gasteiger charge is -2.45. The molecule has 98 valence electrons. The molecular formula is C13H25N3O. The summed E-state index contributed by atoms with van der Waals surface area (Å²) in [5, 5.41) is 3.40. The van der Waals surface area contributed by atoms with Crippen molar-refractivity contribution in [3.05, 3.63) is 0 Å². The van der Waals surface area contributed by atoms with Gasteiger partial charge in [-0.3, -0.25) is 9.69 Å². The fraction of sp³-hybridized carbons (Fsp3) is 0.923. The molecule has 1 unspecified atom stereocenters. The van der Waals surface area contributed by atoms with Crippen LogP contribution in [-0.4, -0.2) is 60.5 Å². The van der Waals surface area contributed by atoms with Gasteiger partial charge in [-0.15, -0.1) is 0 Å². The molecule has 2 saturated heterocycles. The van der Waals surface area contributed by atoms with Crippen LogP contribution in [0.4, 0.5) is 0 Å². The second-order valence-electron chi connectivity index (χ2n) is 6.05. The molecule has 2 rings (SSSR count). The molecule has 0 saturated carbocycles. The van der Waals surface area contributed by atoms with Gasteiger partial charge in [0.25, 0.3) is 0 Å². The Morgan fingerprint density at radius 3 is 2.76 bits per heavy atom. The minimum absolute atomic E-state index is 0.108. The lowest BCUT2D eigenvalue weighted by molar-refractivity contribution is -0.136. The van der Waals surface area contributed by atoms with Gasteiger partial charge < -0.3 is 10.2 Å². The van der Waals surface area contributed by atoms with Crippen LogP contribution in [-0.2, 0) is 4.79 Å². The van der Waals surface area contributed by atoms with Crippen LogP contribution in [0.15, 0.2) is 0 Å². The second kappa shape index (κ2) is 4.94. The molecule has 4 heteroatoms. The molecule has 17 heavy (non-hydrogen) atoms. The molecule has 0 aromatic rings. The number of nitrogens with one attached hydrogen (secondary N) is 1. The zero-order chi connectivity index (χ0) is 12.5. The van der Waals surface area contributed by atoms with Gasteiger partial charge in [-0.2, -0.15) is 0 Å². The summed E-state index contributed by atoms with van der Waals surface area (Å²) in [4.78, 5) is 16.6. The van der Waals surface area contributed by atoms with Crippen molar-refractivity contribution in [2.45, 2.75) is 44.7 Å². The van der Waals surface area contributed by atoms with E-state index in [2.05, 4.69) is 31.1 Å². The van der Waals surface area contributed by atoms with Crippen molar-refractivity contribution in [1.82, 2.24) is 15.1 Å². The summed E-state index contributed by atoms with van der Waals surface area (Å²) in [6, 6.07) is 0.422. The van der Waals surface area contributed by atoms with Gasteiger partial charge in [0.1, 0.15) is 0 Å². The number of carbonyl (C=O) groups is 1. The molecule has 2 heterocycles. The summed E-state index contributed by atoms with van der Waals surface area (Å²) in [7, 11) is 2.14. The highest BCUT2D eigenvalue weighted by atomic mass is 16.2. The lowest BCUT2D eigenvalue weighted by atomic mass is 9.99. The van der Waals surface area contributed by atoms with Crippen molar-refractivity contribution < 1.29 is 4.79 Å². The van der Waals surface area contributed by atoms with E-state index in [0.717, 1.165) is 32.6 Å². The molecule has 1 atom stereocenters. The van der Waals surface area contributed by atoms with Crippen molar-refractivity contribution in [3.8, 4) is 0 Å². The zero-order valence-electron chi connectivity index (χ0n) is 11.3. The predicted molar refractivity (Wildman–Crippen MR) is 68.9 cm³/mol. The number of piperazine rings is 1. The Morgan fingerprint density at radius 1 is 1.41 bits per heavy atom. The Kier molecular flexibility index (Phi) is 3.73. The summed E-state index contributed by atoms with van der Waals surface area (Å²) < 4.78 is 0. The average molecular weight is 239 g/mol. The van der Waals surface area contributed by atoms with Gasteiger partial charge in [0.2, 0.25) is 5.91 Å². The minimum atomic E-state index is 0.108. The van der Waals surface area contributed by atoms with Crippen molar-refractivity contribution >= 4 is 5.91 Å². The fourth-order valence-corrected chi connectivity index (χ4v) is 2.72. The summed E-state index contributed by atoms with van der Waals surface area (Å²) in [6.07, 6.45) is 3.05. The number of hydrogen-bond acceptors (Lipinski definition) is 3. The normalized spacial score (nSPS) is 29.6. The molecule has 0 radical (unpaired) electrons. The van der Waals surface area contributed by atoms with E-state index in [1.165, 1.54) is 6.42 Å². The van der Waals surface area contributed by atoms with E-state index in [4.69, 9.17) is 0 Å². The third kappa shape index (κ3) is 2.99. The Labute approximate surface area is 104 Å². The van der Waals surface area contributed by atoms with Gasteiger partial charge in [-0.05, 0) is 40.3 Å². The predicted octanol–water partition coefficient (Wildman–Crippen LogP) is 0.681. The minimum Gasteiger partial charge on any atom is -0.340 e. The van der Waals surface area contributed by atoms with Crippen LogP contribution in [0.3, 0.4) is 0 Å². The smallest absolute Gasteiger partial charge is 0.224 e. The maximum Gasteiger partial charge on any atom is 0.224 e. The van der Waals surface area contributed by atoms with Gasteiger partial charge in [-0.25, -0.2) is 0 Å². The van der Waals surface area contributed by atoms with Gasteiger partial charge in [0.05, 0.1) is 0 Å². The number of nitrogens with zero attached hydrogens (tertiary/aromatic N) is 2. The van der Waals surface area contributed by atoms with E-state index < -0.39 is 0 Å². The van der Waals surface area contributed by atoms with Crippen LogP contribution in [0.5, 0.6) is 0 Å². The van der Waals surface area contributed by atoms with Crippen molar-refractivity contribution in [2.24, 2.45) is 0 Å². The molecule has 0 aliphatic carbocycles. The summed E-state index contributed by atoms with van der Waals surface area (Å²) >= 11 is 0. The summed E-state index contributed by atoms with van der Waals surface area (Å²) in [5.41, 5.74) is 0.108. The van der Waals surface area contributed by atoms with Crippen molar-refractivity contribution in [3.63, 3.8) is 0 Å². The second-order valence-corrected chi connectivity index (χ2v) is 6.05. The molecule has 2 aliphatic rings. The molecule has 4 nitrogen and oxygen atoms in total. The van der Waals surface area contributed by atoms with Crippen LogP contribution in [0.2, 0.25) is 0 Å². The summed E-state index contributed by atoms with van der Waals surface area (Å²) in [6.45, 7) is 8.21. The Hall–Kier alpha value is -0.610. The van der Waals surface area contributed by atoms with Crippen LogP contribution in [0.1, 0.15) is 33.1 Å². The monoisotopic (exact) mass is 239 g/mol. The molecule has 0 aromatic heterocycles. The molecule has 0 aromatic carbocycles. The Bertz CT molecular complexity index is 284. The lowest BCUT2D eigenvalue weighted by Crippen LogP contribution is -2.59. The highest BCUT2D eigenvalue weighted by Gasteiger charge is 2.33. The molecule has 1 amide bonds. The van der Waals surface area contributed by atoms with E-state index >= 15 is 0 Å². The van der Waals surface area contributed by atoms with Crippen molar-refractivity contribution in [1.29, 1.82) is 0 Å². The first kappa shape index (κ1) is 12.8. The number of rotatable bonds is 2. The maximum absolute atomic E-state index is 12.2. The van der Waals surface area contributed by atoms with Gasteiger partial charge >= 0.3 is 0 Å². The topological polar surface area (TPSA) is 35.6 Å². The summed E-state index contributed by atoms with van der Waals surface area (Å²) in [5.74, 6) is 0.325. The highest BCUT2D eigenvalue weighted by Crippen LogP contribution is 2.20. The van der Waals surface area contributed by atoms with Gasteiger partial charge in [-0.1, -0.05) is 0 Å². The van der Waals surface area contributed by atoms with E-state index in [0.29, 0.717) is 18.4 Å². The van der Waals surface area contributed by atoms with E-state index in [1.54, 1.807) is 0 Å². The first-order valence-electron chi connectivity index (χ1n) is 6.71. The van der Waals surface area contributed by atoms with Gasteiger partial charge in [0.15, 0.2) is 0 Å². The van der Waals surface area contributed by atoms with E-state index in [9.17, 15) is 4.79 Å². The number of likely N-dealkylation sites (N-methyl/N-ethyl adjacent to an activating group) is 1. The molecule has 2 aliphatic heterocycles. The first-order chi connectivity index (χ1) is 7.99. The van der Waals surface area contributed by atoms with Crippen LogP contribution in [0.25, 0.3) is 0 Å². The number of hydrogen-bond donors (Lipinski definition) is 1. The maximum atomic E-state index is 12.2. The standard InChI is InChI=1S/C13H25N3O/c1-13(2)10-16(8-7-15(13)3)12(17)9-11-5-4-6-14-11/h11,14H,4-10H2,1-3H3. The van der Waals surface area contributed by atoms with Crippen molar-refractivity contribution in [2.75, 3.05) is 33.2 Å². The number of carbonyl (C=O) groups excluding carboxylic acids is 1. The zero-order valence-corrected chi connectivity index (χ0v) is 11.3. The Morgan fingerprint density at radius 2 is 2.18 bits per heavy atom. The Balaban J connectivity index is 1.87. The van der Waals surface area contributed by atoms with Gasteiger partial charge in [0, 0.05) is 37.6 Å². The van der Waals surface area contributed by atoms with E-state index in [-0.39, 0.29) is 5.54 Å². The van der Waals surface area contributed by atoms with Crippen LogP contribution < -0.4 is 5.32 Å². The SMILES string of the molecule is CN1CCN(C(=O)CC2CCCN2)CC1(C)C. The van der Waals surface area contributed by atoms with Crippen LogP contribution >= 0.6 is 0 Å². The molecular weight excluding hydrogens is 214 g/mol. The third-order valence-corrected chi connectivity index (χ3v) is 4.25. The molecule has 1 N–H and O–H groups in total. The van der Waals surface area contributed by atoms with Crippen LogP contribution in [0, 0.1) is 0 Å².